The van der Waals surface area contributed by atoms with E-state index in [-0.39, 0.29) is 11.5 Å². The fourth-order valence-electron chi connectivity index (χ4n) is 1.19. The first kappa shape index (κ1) is 12.8. The van der Waals surface area contributed by atoms with Crippen molar-refractivity contribution in [2.45, 2.75) is 46.2 Å². The first-order valence-corrected chi connectivity index (χ1v) is 4.45. The van der Waals surface area contributed by atoms with Gasteiger partial charge in [0.2, 0.25) is 12.2 Å². The monoisotopic (exact) mass is 196 g/mol. The van der Waals surface area contributed by atoms with E-state index in [1.165, 1.54) is 12.2 Å². The molecule has 14 heavy (non-hydrogen) atoms. The molecule has 0 saturated heterocycles. The molecule has 0 aliphatic rings. The molecular weight excluding hydrogens is 180 g/mol. The quantitative estimate of drug-likeness (QED) is 0.511. The summed E-state index contributed by atoms with van der Waals surface area (Å²) in [6.07, 6.45) is 3.03. The van der Waals surface area contributed by atoms with Crippen molar-refractivity contribution in [3.8, 4) is 0 Å². The predicted octanol–water partition coefficient (Wildman–Crippen LogP) is 1.85. The summed E-state index contributed by atoms with van der Waals surface area (Å²) in [4.78, 5) is 27.9. The summed E-state index contributed by atoms with van der Waals surface area (Å²) in [6, 6.07) is -0.388. The van der Waals surface area contributed by atoms with Crippen molar-refractivity contribution in [1.29, 1.82) is 0 Å². The van der Waals surface area contributed by atoms with Crippen LogP contribution in [0.15, 0.2) is 9.98 Å². The van der Waals surface area contributed by atoms with Gasteiger partial charge in [-0.1, -0.05) is 20.8 Å². The fraction of sp³-hybridized carbons (Fsp3) is 0.800. The molecule has 4 nitrogen and oxygen atoms in total. The number of carbonyl (C=O) groups excluding carboxylic acids is 2. The summed E-state index contributed by atoms with van der Waals surface area (Å²) in [5.74, 6) is 0. The van der Waals surface area contributed by atoms with Crippen molar-refractivity contribution >= 4 is 12.2 Å². The number of nitrogens with zero attached hydrogens (tertiary/aromatic N) is 2. The van der Waals surface area contributed by atoms with Gasteiger partial charge < -0.3 is 0 Å². The minimum Gasteiger partial charge on any atom is -0.211 e. The lowest BCUT2D eigenvalue weighted by molar-refractivity contribution is 0.182. The second-order valence-corrected chi connectivity index (χ2v) is 4.50. The second-order valence-electron chi connectivity index (χ2n) is 4.50. The molecule has 2 atom stereocenters. The molecule has 0 rings (SSSR count). The number of isocyanates is 2. The highest BCUT2D eigenvalue weighted by atomic mass is 16.1. The number of hydrogen-bond acceptors (Lipinski definition) is 4. The van der Waals surface area contributed by atoms with Crippen LogP contribution in [-0.2, 0) is 9.59 Å². The van der Waals surface area contributed by atoms with Gasteiger partial charge in [0.1, 0.15) is 0 Å². The van der Waals surface area contributed by atoms with E-state index < -0.39 is 5.54 Å². The Balaban J connectivity index is 5.30. The molecule has 0 aromatic carbocycles. The van der Waals surface area contributed by atoms with Gasteiger partial charge in [0.25, 0.3) is 0 Å². The van der Waals surface area contributed by atoms with Gasteiger partial charge in [0, 0.05) is 0 Å². The Morgan fingerprint density at radius 3 is 1.86 bits per heavy atom. The lowest BCUT2D eigenvalue weighted by Crippen LogP contribution is -2.46. The van der Waals surface area contributed by atoms with Crippen molar-refractivity contribution in [3.05, 3.63) is 0 Å². The van der Waals surface area contributed by atoms with E-state index in [4.69, 9.17) is 0 Å². The maximum absolute atomic E-state index is 10.3. The molecule has 0 amide bonds. The lowest BCUT2D eigenvalue weighted by atomic mass is 9.71. The van der Waals surface area contributed by atoms with Crippen LogP contribution in [-0.4, -0.2) is 23.7 Å². The zero-order valence-electron chi connectivity index (χ0n) is 9.29. The third kappa shape index (κ3) is 2.38. The minimum absolute atomic E-state index is 0.274. The van der Waals surface area contributed by atoms with E-state index in [0.29, 0.717) is 0 Å². The Morgan fingerprint density at radius 1 is 1.07 bits per heavy atom. The summed E-state index contributed by atoms with van der Waals surface area (Å²) in [5, 5.41) is 0. The van der Waals surface area contributed by atoms with Crippen LogP contribution in [0.3, 0.4) is 0 Å². The molecule has 0 saturated carbocycles. The van der Waals surface area contributed by atoms with Crippen molar-refractivity contribution in [1.82, 2.24) is 0 Å². The molecule has 0 aromatic heterocycles. The Kier molecular flexibility index (Phi) is 3.93. The molecule has 0 aromatic rings. The van der Waals surface area contributed by atoms with Crippen LogP contribution < -0.4 is 0 Å². The van der Waals surface area contributed by atoms with Gasteiger partial charge >= 0.3 is 0 Å². The van der Waals surface area contributed by atoms with Crippen LogP contribution in [0.25, 0.3) is 0 Å². The summed E-state index contributed by atoms with van der Waals surface area (Å²) < 4.78 is 0. The first-order valence-electron chi connectivity index (χ1n) is 4.45. The standard InChI is InChI=1S/C10H16N2O2/c1-8(11-6-13)10(5,12-7-14)9(2,3)4/h8H,1-5H3. The zero-order chi connectivity index (χ0) is 11.4. The van der Waals surface area contributed by atoms with E-state index in [2.05, 4.69) is 9.98 Å². The zero-order valence-corrected chi connectivity index (χ0v) is 9.29. The molecule has 4 heteroatoms. The maximum Gasteiger partial charge on any atom is 0.235 e. The SMILES string of the molecule is CC(N=C=O)C(C)(N=C=O)C(C)(C)C. The number of aliphatic imine (C=N–C) groups is 2. The van der Waals surface area contributed by atoms with Gasteiger partial charge in [-0.2, -0.15) is 4.99 Å². The van der Waals surface area contributed by atoms with Gasteiger partial charge in [-0.05, 0) is 19.3 Å². The average Bonchev–Trinajstić information content (AvgIpc) is 2.03. The summed E-state index contributed by atoms with van der Waals surface area (Å²) in [7, 11) is 0. The number of rotatable bonds is 3. The second kappa shape index (κ2) is 4.32. The van der Waals surface area contributed by atoms with Gasteiger partial charge in [0.15, 0.2) is 0 Å². The van der Waals surface area contributed by atoms with Crippen molar-refractivity contribution < 1.29 is 9.59 Å². The van der Waals surface area contributed by atoms with Crippen molar-refractivity contribution in [2.75, 3.05) is 0 Å². The Hall–Kier alpha value is -1.24. The average molecular weight is 196 g/mol. The molecule has 0 fully saturated rings. The van der Waals surface area contributed by atoms with E-state index in [9.17, 15) is 9.59 Å². The molecule has 0 aliphatic carbocycles. The third-order valence-electron chi connectivity index (χ3n) is 2.86. The fourth-order valence-corrected chi connectivity index (χ4v) is 1.19. The summed E-state index contributed by atoms with van der Waals surface area (Å²) in [6.45, 7) is 9.32. The molecule has 0 N–H and O–H groups in total. The predicted molar refractivity (Wildman–Crippen MR) is 53.6 cm³/mol. The van der Waals surface area contributed by atoms with E-state index >= 15 is 0 Å². The molecule has 0 bridgehead atoms. The molecule has 0 heterocycles. The van der Waals surface area contributed by atoms with Crippen molar-refractivity contribution in [3.63, 3.8) is 0 Å². The molecule has 78 valence electrons. The van der Waals surface area contributed by atoms with Crippen molar-refractivity contribution in [2.24, 2.45) is 15.4 Å². The van der Waals surface area contributed by atoms with Crippen LogP contribution in [0.5, 0.6) is 0 Å². The maximum atomic E-state index is 10.3. The smallest absolute Gasteiger partial charge is 0.211 e. The van der Waals surface area contributed by atoms with Crippen LogP contribution in [0.1, 0.15) is 34.6 Å². The van der Waals surface area contributed by atoms with Crippen LogP contribution >= 0.6 is 0 Å². The van der Waals surface area contributed by atoms with E-state index in [1.54, 1.807) is 13.8 Å². The minimum atomic E-state index is -0.730. The van der Waals surface area contributed by atoms with Gasteiger partial charge in [-0.25, -0.2) is 14.6 Å². The Bertz CT molecular complexity index is 294. The van der Waals surface area contributed by atoms with Crippen LogP contribution in [0, 0.1) is 5.41 Å². The van der Waals surface area contributed by atoms with E-state index in [0.717, 1.165) is 0 Å². The highest BCUT2D eigenvalue weighted by Gasteiger charge is 2.42. The first-order chi connectivity index (χ1) is 6.29. The third-order valence-corrected chi connectivity index (χ3v) is 2.86. The van der Waals surface area contributed by atoms with Gasteiger partial charge in [-0.15, -0.1) is 0 Å². The number of hydrogen-bond donors (Lipinski definition) is 0. The highest BCUT2D eigenvalue weighted by Crippen LogP contribution is 2.37. The van der Waals surface area contributed by atoms with E-state index in [1.807, 2.05) is 20.8 Å². The lowest BCUT2D eigenvalue weighted by Gasteiger charge is -2.39. The van der Waals surface area contributed by atoms with Crippen LogP contribution in [0.2, 0.25) is 0 Å². The topological polar surface area (TPSA) is 58.9 Å². The molecule has 0 radical (unpaired) electrons. The largest absolute Gasteiger partial charge is 0.235 e. The van der Waals surface area contributed by atoms with Gasteiger partial charge in [-0.3, -0.25) is 0 Å². The molecule has 0 spiro atoms. The van der Waals surface area contributed by atoms with Crippen LogP contribution in [0.4, 0.5) is 0 Å². The molecule has 0 aliphatic heterocycles. The summed E-state index contributed by atoms with van der Waals surface area (Å²) >= 11 is 0. The normalized spacial score (nSPS) is 17.2. The summed E-state index contributed by atoms with van der Waals surface area (Å²) in [5.41, 5.74) is -1.00. The molecule has 2 unspecified atom stereocenters. The Morgan fingerprint density at radius 2 is 1.57 bits per heavy atom. The molecular formula is C10H16N2O2. The Labute approximate surface area is 84.1 Å². The van der Waals surface area contributed by atoms with Gasteiger partial charge in [0.05, 0.1) is 11.6 Å². The highest BCUT2D eigenvalue weighted by molar-refractivity contribution is 5.38.